The summed E-state index contributed by atoms with van der Waals surface area (Å²) in [5.41, 5.74) is 0. The maximum atomic E-state index is 5.91. The van der Waals surface area contributed by atoms with Crippen molar-refractivity contribution in [1.29, 1.82) is 0 Å². The van der Waals surface area contributed by atoms with Gasteiger partial charge in [-0.1, -0.05) is 6.92 Å². The van der Waals surface area contributed by atoms with Gasteiger partial charge in [0.25, 0.3) is 0 Å². The van der Waals surface area contributed by atoms with E-state index in [0.717, 1.165) is 31.8 Å². The molecule has 0 unspecified atom stereocenters. The molecule has 0 aromatic carbocycles. The van der Waals surface area contributed by atoms with E-state index in [0.29, 0.717) is 19.8 Å². The first kappa shape index (κ1) is 15.6. The third kappa shape index (κ3) is 3.54. The van der Waals surface area contributed by atoms with E-state index in [-0.39, 0.29) is 0 Å². The van der Waals surface area contributed by atoms with Crippen LogP contribution in [0.15, 0.2) is 4.99 Å². The van der Waals surface area contributed by atoms with E-state index in [4.69, 9.17) is 13.3 Å². The topological polar surface area (TPSA) is 43.3 Å². The Labute approximate surface area is 112 Å². The van der Waals surface area contributed by atoms with Crippen molar-refractivity contribution in [3.05, 3.63) is 0 Å². The summed E-state index contributed by atoms with van der Waals surface area (Å²) < 4.78 is 19.9. The zero-order chi connectivity index (χ0) is 13.4. The van der Waals surface area contributed by atoms with Crippen LogP contribution in [0.25, 0.3) is 0 Å². The number of nitrogens with zero attached hydrogens (tertiary/aromatic N) is 2. The summed E-state index contributed by atoms with van der Waals surface area (Å²) in [7, 11) is -2.76. The van der Waals surface area contributed by atoms with Crippen LogP contribution in [0, 0.1) is 0 Å². The van der Waals surface area contributed by atoms with Crippen molar-refractivity contribution in [3.8, 4) is 0 Å². The van der Waals surface area contributed by atoms with Crippen LogP contribution in [0.4, 0.5) is 0 Å². The van der Waals surface area contributed by atoms with Crippen LogP contribution in [0.5, 0.6) is 0 Å². The lowest BCUT2D eigenvalue weighted by Gasteiger charge is -2.36. The molecule has 0 N–H and O–H groups in total. The minimum atomic E-state index is -2.76. The van der Waals surface area contributed by atoms with E-state index < -0.39 is 8.97 Å². The molecule has 0 fully saturated rings. The molecule has 0 saturated carbocycles. The number of aliphatic imine (C=N–C) groups is 1. The van der Waals surface area contributed by atoms with Gasteiger partial charge in [-0.05, 0) is 27.2 Å². The van der Waals surface area contributed by atoms with Crippen molar-refractivity contribution >= 4 is 14.8 Å². The predicted octanol–water partition coefficient (Wildman–Crippen LogP) is 2.05. The highest BCUT2D eigenvalue weighted by atomic mass is 28.4. The molecule has 0 atom stereocenters. The smallest absolute Gasteiger partial charge is 0.357 e. The highest BCUT2D eigenvalue weighted by Crippen LogP contribution is 2.21. The molecule has 0 spiro atoms. The van der Waals surface area contributed by atoms with Crippen molar-refractivity contribution < 1.29 is 13.3 Å². The Hall–Kier alpha value is -0.433. The van der Waals surface area contributed by atoms with Crippen LogP contribution in [0.2, 0.25) is 0 Å². The Morgan fingerprint density at radius 3 is 2.06 bits per heavy atom. The standard InChI is InChI=1S/C12H26N2O3Si/c1-5-9-12-13-10-11-14(12)18(15-6-2,16-7-3)17-8-4/h5-11H2,1-4H3. The maximum absolute atomic E-state index is 5.91. The van der Waals surface area contributed by atoms with Gasteiger partial charge in [0.05, 0.1) is 12.4 Å². The van der Waals surface area contributed by atoms with Crippen molar-refractivity contribution in [2.45, 2.75) is 40.5 Å². The van der Waals surface area contributed by atoms with E-state index in [1.807, 2.05) is 20.8 Å². The molecule has 1 aliphatic heterocycles. The SMILES string of the molecule is CCCC1=NCCN1[Si](OCC)(OCC)OCC. The normalized spacial score (nSPS) is 16.2. The lowest BCUT2D eigenvalue weighted by atomic mass is 10.3. The molecular formula is C12H26N2O3Si. The largest absolute Gasteiger partial charge is 0.634 e. The Bertz CT molecular complexity index is 257. The van der Waals surface area contributed by atoms with Crippen LogP contribution in [0.1, 0.15) is 40.5 Å². The zero-order valence-corrected chi connectivity index (χ0v) is 13.1. The van der Waals surface area contributed by atoms with E-state index in [1.54, 1.807) is 0 Å². The first-order valence-corrected chi connectivity index (χ1v) is 8.64. The number of hydrogen-bond acceptors (Lipinski definition) is 5. The lowest BCUT2D eigenvalue weighted by molar-refractivity contribution is 0.0362. The monoisotopic (exact) mass is 274 g/mol. The van der Waals surface area contributed by atoms with Crippen LogP contribution in [-0.4, -0.2) is 52.3 Å². The molecule has 6 heteroatoms. The summed E-state index contributed by atoms with van der Waals surface area (Å²) in [6.45, 7) is 11.6. The fraction of sp³-hybridized carbons (Fsp3) is 0.917. The van der Waals surface area contributed by atoms with Crippen LogP contribution < -0.4 is 0 Å². The van der Waals surface area contributed by atoms with Gasteiger partial charge < -0.3 is 17.8 Å². The highest BCUT2D eigenvalue weighted by Gasteiger charge is 2.51. The minimum absolute atomic E-state index is 0.599. The fourth-order valence-electron chi connectivity index (χ4n) is 2.13. The lowest BCUT2D eigenvalue weighted by Crippen LogP contribution is -2.62. The molecule has 0 bridgehead atoms. The second-order valence-electron chi connectivity index (χ2n) is 4.02. The Morgan fingerprint density at radius 1 is 1.06 bits per heavy atom. The predicted molar refractivity (Wildman–Crippen MR) is 74.5 cm³/mol. The summed E-state index contributed by atoms with van der Waals surface area (Å²) in [4.78, 5) is 4.56. The third-order valence-electron chi connectivity index (χ3n) is 2.71. The molecule has 1 rings (SSSR count). The molecule has 0 aliphatic carbocycles. The van der Waals surface area contributed by atoms with Gasteiger partial charge in [-0.3, -0.25) is 4.99 Å². The molecule has 106 valence electrons. The molecule has 18 heavy (non-hydrogen) atoms. The van der Waals surface area contributed by atoms with Crippen molar-refractivity contribution in [3.63, 3.8) is 0 Å². The summed E-state index contributed by atoms with van der Waals surface area (Å²) >= 11 is 0. The van der Waals surface area contributed by atoms with Gasteiger partial charge in [0.15, 0.2) is 0 Å². The van der Waals surface area contributed by atoms with Gasteiger partial charge in [-0.25, -0.2) is 0 Å². The van der Waals surface area contributed by atoms with Crippen LogP contribution in [-0.2, 0) is 13.3 Å². The second-order valence-corrected chi connectivity index (χ2v) is 6.48. The second kappa shape index (κ2) is 7.88. The number of rotatable bonds is 9. The molecule has 0 aromatic heterocycles. The molecule has 0 aromatic rings. The average Bonchev–Trinajstić information content (AvgIpc) is 2.79. The van der Waals surface area contributed by atoms with Crippen molar-refractivity contribution in [2.75, 3.05) is 32.9 Å². The van der Waals surface area contributed by atoms with Gasteiger partial charge in [0.1, 0.15) is 0 Å². The Balaban J connectivity index is 2.89. The summed E-state index contributed by atoms with van der Waals surface area (Å²) in [5.74, 6) is 1.08. The molecule has 1 heterocycles. The van der Waals surface area contributed by atoms with E-state index in [9.17, 15) is 0 Å². The zero-order valence-electron chi connectivity index (χ0n) is 12.1. The average molecular weight is 274 g/mol. The summed E-state index contributed by atoms with van der Waals surface area (Å²) in [6, 6.07) is 0. The maximum Gasteiger partial charge on any atom is 0.634 e. The summed E-state index contributed by atoms with van der Waals surface area (Å²) in [5, 5.41) is 0. The van der Waals surface area contributed by atoms with E-state index in [1.165, 1.54) is 0 Å². The Kier molecular flexibility index (Phi) is 6.84. The van der Waals surface area contributed by atoms with Crippen LogP contribution in [0.3, 0.4) is 0 Å². The first-order valence-electron chi connectivity index (χ1n) is 6.96. The molecule has 5 nitrogen and oxygen atoms in total. The number of amidine groups is 1. The van der Waals surface area contributed by atoms with Gasteiger partial charge in [0, 0.05) is 32.8 Å². The third-order valence-corrected chi connectivity index (χ3v) is 5.82. The quantitative estimate of drug-likeness (QED) is 0.604. The molecule has 0 amide bonds. The van der Waals surface area contributed by atoms with Gasteiger partial charge >= 0.3 is 8.97 Å². The van der Waals surface area contributed by atoms with Crippen molar-refractivity contribution in [1.82, 2.24) is 4.57 Å². The van der Waals surface area contributed by atoms with Crippen molar-refractivity contribution in [2.24, 2.45) is 4.99 Å². The van der Waals surface area contributed by atoms with Crippen LogP contribution >= 0.6 is 0 Å². The minimum Gasteiger partial charge on any atom is -0.357 e. The summed E-state index contributed by atoms with van der Waals surface area (Å²) in [6.07, 6.45) is 2.03. The number of hydrogen-bond donors (Lipinski definition) is 0. The fourth-order valence-corrected chi connectivity index (χ4v) is 4.82. The van der Waals surface area contributed by atoms with Gasteiger partial charge in [-0.2, -0.15) is 0 Å². The molecule has 0 radical (unpaired) electrons. The van der Waals surface area contributed by atoms with Gasteiger partial charge in [0.2, 0.25) is 0 Å². The molecule has 0 saturated heterocycles. The Morgan fingerprint density at radius 2 is 1.61 bits per heavy atom. The first-order chi connectivity index (χ1) is 8.74. The van der Waals surface area contributed by atoms with E-state index >= 15 is 0 Å². The molecule has 1 aliphatic rings. The van der Waals surface area contributed by atoms with E-state index in [2.05, 4.69) is 16.5 Å². The van der Waals surface area contributed by atoms with Gasteiger partial charge in [-0.15, -0.1) is 0 Å². The molecular weight excluding hydrogens is 248 g/mol. The highest BCUT2D eigenvalue weighted by molar-refractivity contribution is 6.60.